The van der Waals surface area contributed by atoms with Crippen molar-refractivity contribution in [2.75, 3.05) is 6.54 Å². The first kappa shape index (κ1) is 20.8. The first-order chi connectivity index (χ1) is 14.7. The molecule has 0 radical (unpaired) electrons. The Bertz CT molecular complexity index is 921. The van der Waals surface area contributed by atoms with Crippen molar-refractivity contribution < 1.29 is 11.0 Å². The predicted molar refractivity (Wildman–Crippen MR) is 115 cm³/mol. The summed E-state index contributed by atoms with van der Waals surface area (Å²) < 4.78 is 9.22. The van der Waals surface area contributed by atoms with Crippen LogP contribution in [0.1, 0.15) is 46.9 Å². The number of benzene rings is 1. The van der Waals surface area contributed by atoms with Crippen LogP contribution in [0.25, 0.3) is 5.69 Å². The largest absolute Gasteiger partial charge is 0.350 e. The summed E-state index contributed by atoms with van der Waals surface area (Å²) in [5.41, 5.74) is 7.34. The summed E-state index contributed by atoms with van der Waals surface area (Å²) in [7, 11) is 0. The zero-order chi connectivity index (χ0) is 22.6. The van der Waals surface area contributed by atoms with Crippen molar-refractivity contribution in [3.63, 3.8) is 0 Å². The molecule has 162 valence electrons. The van der Waals surface area contributed by atoms with Gasteiger partial charge in [0, 0.05) is 19.5 Å². The van der Waals surface area contributed by atoms with E-state index < -0.39 is 12.1 Å². The van der Waals surface area contributed by atoms with Crippen molar-refractivity contribution >= 4 is 23.4 Å². The van der Waals surface area contributed by atoms with Crippen LogP contribution in [-0.4, -0.2) is 50.1 Å². The number of carbonyl (C=O) groups excluding carboxylic acids is 2. The van der Waals surface area contributed by atoms with E-state index in [9.17, 15) is 9.59 Å². The lowest BCUT2D eigenvalue weighted by molar-refractivity contribution is -0.139. The Morgan fingerprint density at radius 2 is 2.27 bits per heavy atom. The number of halogens is 1. The second-order valence-electron chi connectivity index (χ2n) is 8.50. The summed E-state index contributed by atoms with van der Waals surface area (Å²) in [5.74, 6) is -0.451. The van der Waals surface area contributed by atoms with E-state index in [1.165, 1.54) is 6.33 Å². The third-order valence-corrected chi connectivity index (χ3v) is 5.32. The molecule has 2 atom stereocenters. The standard InChI is InChI=1S/C21H29ClN6O2/c1-21(2,3)10-16(23)20(30)27-8-4-5-18(27)19(29)25-11-14-9-15(22)6-7-17(14)28-13-24-12-26-28/h6-7,9,12-13,16,18H,4-5,8,10-11,23H2,1-3H3,(H,25,29)/t16-,18-/m0/s1/i1D. The molecule has 1 saturated heterocycles. The Hall–Kier alpha value is -2.45. The number of carbonyl (C=O) groups is 2. The van der Waals surface area contributed by atoms with Crippen LogP contribution in [0.5, 0.6) is 0 Å². The minimum atomic E-state index is -0.722. The van der Waals surface area contributed by atoms with Gasteiger partial charge in [0.15, 0.2) is 0 Å². The first-order valence-electron chi connectivity index (χ1n) is 10.7. The highest BCUT2D eigenvalue weighted by molar-refractivity contribution is 6.30. The van der Waals surface area contributed by atoms with Gasteiger partial charge in [0.05, 0.1) is 11.7 Å². The fourth-order valence-corrected chi connectivity index (χ4v) is 3.95. The summed E-state index contributed by atoms with van der Waals surface area (Å²) in [4.78, 5) is 31.4. The summed E-state index contributed by atoms with van der Waals surface area (Å²) in [6, 6.07) is 4.07. The van der Waals surface area contributed by atoms with Gasteiger partial charge < -0.3 is 16.0 Å². The van der Waals surface area contributed by atoms with Gasteiger partial charge in [-0.15, -0.1) is 0 Å². The van der Waals surface area contributed by atoms with Gasteiger partial charge in [0.2, 0.25) is 11.8 Å². The third-order valence-electron chi connectivity index (χ3n) is 5.09. The number of aromatic nitrogens is 3. The topological polar surface area (TPSA) is 106 Å². The number of nitrogens with one attached hydrogen (secondary N) is 1. The fraction of sp³-hybridized carbons (Fsp3) is 0.524. The number of nitrogens with two attached hydrogens (primary N) is 1. The molecule has 1 aliphatic rings. The van der Waals surface area contributed by atoms with Gasteiger partial charge in [-0.1, -0.05) is 32.3 Å². The molecule has 1 aliphatic heterocycles. The van der Waals surface area contributed by atoms with E-state index in [4.69, 9.17) is 18.7 Å². The van der Waals surface area contributed by atoms with E-state index in [2.05, 4.69) is 15.4 Å². The number of hydrogen-bond acceptors (Lipinski definition) is 5. The van der Waals surface area contributed by atoms with Gasteiger partial charge in [-0.2, -0.15) is 5.10 Å². The van der Waals surface area contributed by atoms with Crippen LogP contribution in [0.3, 0.4) is 0 Å². The lowest BCUT2D eigenvalue weighted by atomic mass is 9.88. The fourth-order valence-electron chi connectivity index (χ4n) is 3.75. The molecule has 1 aromatic carbocycles. The molecule has 2 aromatic rings. The third kappa shape index (κ3) is 5.37. The van der Waals surface area contributed by atoms with Gasteiger partial charge in [0.25, 0.3) is 0 Å². The maximum absolute atomic E-state index is 12.9. The van der Waals surface area contributed by atoms with E-state index >= 15 is 0 Å². The number of amides is 2. The van der Waals surface area contributed by atoms with Crippen molar-refractivity contribution in [1.82, 2.24) is 25.0 Å². The molecule has 30 heavy (non-hydrogen) atoms. The van der Waals surface area contributed by atoms with E-state index in [-0.39, 0.29) is 30.7 Å². The van der Waals surface area contributed by atoms with Crippen molar-refractivity contribution in [2.45, 2.75) is 58.6 Å². The van der Waals surface area contributed by atoms with Gasteiger partial charge in [-0.05, 0) is 48.4 Å². The van der Waals surface area contributed by atoms with Crippen LogP contribution in [0.15, 0.2) is 30.9 Å². The SMILES string of the molecule is [2H]CC(C)(C)C[C@H](N)C(=O)N1CCC[C@H]1C(=O)NCc1cc(Cl)ccc1-n1cncn1. The van der Waals surface area contributed by atoms with Crippen LogP contribution >= 0.6 is 11.6 Å². The normalized spacial score (nSPS) is 18.2. The Kier molecular flexibility index (Phi) is 6.34. The van der Waals surface area contributed by atoms with Gasteiger partial charge in [-0.3, -0.25) is 9.59 Å². The predicted octanol–water partition coefficient (Wildman–Crippen LogP) is 2.29. The summed E-state index contributed by atoms with van der Waals surface area (Å²) in [6.45, 7) is 4.77. The summed E-state index contributed by atoms with van der Waals surface area (Å²) in [5, 5.41) is 7.62. The van der Waals surface area contributed by atoms with Crippen molar-refractivity contribution in [3.8, 4) is 5.69 Å². The lowest BCUT2D eigenvalue weighted by Crippen LogP contribution is -2.51. The molecule has 0 aliphatic carbocycles. The lowest BCUT2D eigenvalue weighted by Gasteiger charge is -2.29. The van der Waals surface area contributed by atoms with Crippen molar-refractivity contribution in [2.24, 2.45) is 11.1 Å². The first-order valence-corrected chi connectivity index (χ1v) is 10.4. The summed E-state index contributed by atoms with van der Waals surface area (Å²) in [6.07, 6.45) is 4.76. The van der Waals surface area contributed by atoms with Crippen LogP contribution in [0.2, 0.25) is 5.02 Å². The Morgan fingerprint density at radius 1 is 1.47 bits per heavy atom. The molecule has 1 aromatic heterocycles. The second-order valence-corrected chi connectivity index (χ2v) is 8.93. The minimum Gasteiger partial charge on any atom is -0.350 e. The van der Waals surface area contributed by atoms with E-state index in [1.807, 2.05) is 19.9 Å². The highest BCUT2D eigenvalue weighted by Gasteiger charge is 2.37. The molecule has 8 nitrogen and oxygen atoms in total. The van der Waals surface area contributed by atoms with Gasteiger partial charge >= 0.3 is 0 Å². The molecule has 3 N–H and O–H groups in total. The van der Waals surface area contributed by atoms with Crippen molar-refractivity contribution in [3.05, 3.63) is 41.4 Å². The molecule has 1 fully saturated rings. The highest BCUT2D eigenvalue weighted by Crippen LogP contribution is 2.24. The van der Waals surface area contributed by atoms with Crippen molar-refractivity contribution in [1.29, 1.82) is 0 Å². The minimum absolute atomic E-state index is 0.186. The zero-order valence-electron chi connectivity index (χ0n) is 18.3. The van der Waals surface area contributed by atoms with Crippen LogP contribution in [0.4, 0.5) is 0 Å². The molecule has 2 amide bonds. The Morgan fingerprint density at radius 3 is 2.97 bits per heavy atom. The average Bonchev–Trinajstić information content (AvgIpc) is 3.43. The van der Waals surface area contributed by atoms with Crippen LogP contribution in [0, 0.1) is 5.41 Å². The van der Waals surface area contributed by atoms with E-state index in [1.54, 1.807) is 28.0 Å². The van der Waals surface area contributed by atoms with Crippen LogP contribution in [-0.2, 0) is 16.1 Å². The molecule has 0 bridgehead atoms. The molecule has 0 spiro atoms. The van der Waals surface area contributed by atoms with E-state index in [0.717, 1.165) is 17.7 Å². The number of nitrogens with zero attached hydrogens (tertiary/aromatic N) is 4. The smallest absolute Gasteiger partial charge is 0.243 e. The number of hydrogen-bond donors (Lipinski definition) is 2. The quantitative estimate of drug-likeness (QED) is 0.726. The molecule has 0 unspecified atom stereocenters. The molecule has 0 saturated carbocycles. The summed E-state index contributed by atoms with van der Waals surface area (Å²) >= 11 is 6.15. The second kappa shape index (κ2) is 9.14. The average molecular weight is 434 g/mol. The van der Waals surface area contributed by atoms with Gasteiger partial charge in [0.1, 0.15) is 18.7 Å². The Labute approximate surface area is 183 Å². The van der Waals surface area contributed by atoms with E-state index in [0.29, 0.717) is 24.4 Å². The molecular weight excluding hydrogens is 404 g/mol. The molecule has 2 heterocycles. The molecule has 9 heteroatoms. The highest BCUT2D eigenvalue weighted by atomic mass is 35.5. The zero-order valence-corrected chi connectivity index (χ0v) is 18.1. The van der Waals surface area contributed by atoms with Gasteiger partial charge in [-0.25, -0.2) is 9.67 Å². The maximum Gasteiger partial charge on any atom is 0.243 e. The number of rotatable bonds is 6. The Balaban J connectivity index is 1.67. The maximum atomic E-state index is 12.9. The van der Waals surface area contributed by atoms with Crippen LogP contribution < -0.4 is 11.1 Å². The monoisotopic (exact) mass is 433 g/mol. The molecular formula is C21H29ClN6O2. The molecule has 3 rings (SSSR count). The number of likely N-dealkylation sites (tertiary alicyclic amines) is 1.